The van der Waals surface area contributed by atoms with E-state index in [1.54, 1.807) is 5.57 Å². The Balaban J connectivity index is 0.000000753. The Bertz CT molecular complexity index is 554. The molecule has 1 nitrogen and oxygen atoms in total. The van der Waals surface area contributed by atoms with Crippen LogP contribution in [0, 0.1) is 28.6 Å². The summed E-state index contributed by atoms with van der Waals surface area (Å²) in [6, 6.07) is 0. The van der Waals surface area contributed by atoms with Gasteiger partial charge in [0.15, 0.2) is 5.78 Å². The van der Waals surface area contributed by atoms with Crippen LogP contribution in [-0.2, 0) is 4.79 Å². The van der Waals surface area contributed by atoms with Crippen LogP contribution in [0.25, 0.3) is 0 Å². The second kappa shape index (κ2) is 5.90. The highest BCUT2D eigenvalue weighted by molar-refractivity contribution is 5.91. The minimum absolute atomic E-state index is 0.328. The minimum atomic E-state index is 0.328. The SMILES string of the molecule is CC.CC1=CC[C@H]2[C@@H]3CCC4=CC(=O)CC[C@]4(C)[C@H]3CC[C@]12C. The van der Waals surface area contributed by atoms with Crippen LogP contribution in [0.2, 0.25) is 0 Å². The maximum Gasteiger partial charge on any atom is 0.155 e. The molecule has 0 saturated heterocycles. The number of rotatable bonds is 0. The van der Waals surface area contributed by atoms with E-state index in [1.165, 1.54) is 37.7 Å². The van der Waals surface area contributed by atoms with Crippen molar-refractivity contribution in [2.45, 2.75) is 79.6 Å². The predicted octanol–water partition coefficient (Wildman–Crippen LogP) is 6.10. The van der Waals surface area contributed by atoms with Crippen LogP contribution >= 0.6 is 0 Å². The molecule has 4 rings (SSSR count). The Morgan fingerprint density at radius 3 is 2.48 bits per heavy atom. The normalized spacial score (nSPS) is 44.9. The average Bonchev–Trinajstić information content (AvgIpc) is 2.86. The van der Waals surface area contributed by atoms with Crippen LogP contribution in [0.4, 0.5) is 0 Å². The highest BCUT2D eigenvalue weighted by Gasteiger charge is 2.56. The van der Waals surface area contributed by atoms with E-state index in [2.05, 4.69) is 26.8 Å². The standard InChI is InChI=1S/C20H28O.C2H6/c1-13-4-7-17-16-6-5-14-12-15(21)8-10-20(14,3)18(16)9-11-19(13,17)2;1-2/h4,12,16-18H,5-11H2,1-3H3;1-2H3/t16-,17-,18-,19+,20-;/m0./s1. The Morgan fingerprint density at radius 2 is 1.74 bits per heavy atom. The first kappa shape index (κ1) is 17.0. The van der Waals surface area contributed by atoms with Gasteiger partial charge in [0.1, 0.15) is 0 Å². The topological polar surface area (TPSA) is 17.1 Å². The van der Waals surface area contributed by atoms with Crippen LogP contribution in [0.5, 0.6) is 0 Å². The largest absolute Gasteiger partial charge is 0.295 e. The molecular weight excluding hydrogens is 280 g/mol. The first-order valence-corrected chi connectivity index (χ1v) is 9.86. The lowest BCUT2D eigenvalue weighted by atomic mass is 9.47. The molecule has 0 heterocycles. The van der Waals surface area contributed by atoms with Crippen LogP contribution in [-0.4, -0.2) is 5.78 Å². The van der Waals surface area contributed by atoms with Crippen molar-refractivity contribution in [1.29, 1.82) is 0 Å². The van der Waals surface area contributed by atoms with E-state index in [0.29, 0.717) is 16.6 Å². The molecule has 0 radical (unpaired) electrons. The van der Waals surface area contributed by atoms with Gasteiger partial charge in [0.25, 0.3) is 0 Å². The third-order valence-corrected chi connectivity index (χ3v) is 7.93. The molecule has 0 unspecified atom stereocenters. The van der Waals surface area contributed by atoms with E-state index in [1.807, 2.05) is 19.9 Å². The molecule has 0 aromatic heterocycles. The zero-order chi connectivity index (χ0) is 16.8. The third-order valence-electron chi connectivity index (χ3n) is 7.93. The van der Waals surface area contributed by atoms with Gasteiger partial charge in [0.2, 0.25) is 0 Å². The van der Waals surface area contributed by atoms with Gasteiger partial charge >= 0.3 is 0 Å². The smallest absolute Gasteiger partial charge is 0.155 e. The van der Waals surface area contributed by atoms with Gasteiger partial charge in [-0.3, -0.25) is 4.79 Å². The van der Waals surface area contributed by atoms with Crippen molar-refractivity contribution in [3.63, 3.8) is 0 Å². The molecule has 0 bridgehead atoms. The lowest BCUT2D eigenvalue weighted by Crippen LogP contribution is -2.49. The minimum Gasteiger partial charge on any atom is -0.295 e. The van der Waals surface area contributed by atoms with Crippen molar-refractivity contribution in [2.75, 3.05) is 0 Å². The molecule has 23 heavy (non-hydrogen) atoms. The third kappa shape index (κ3) is 2.37. The summed E-state index contributed by atoms with van der Waals surface area (Å²) in [6.45, 7) is 11.3. The van der Waals surface area contributed by atoms with Gasteiger partial charge in [-0.15, -0.1) is 0 Å². The summed E-state index contributed by atoms with van der Waals surface area (Å²) in [6.07, 6.45) is 12.9. The van der Waals surface area contributed by atoms with Crippen LogP contribution < -0.4 is 0 Å². The Morgan fingerprint density at radius 1 is 1.00 bits per heavy atom. The maximum atomic E-state index is 11.8. The molecule has 0 aromatic carbocycles. The van der Waals surface area contributed by atoms with Crippen molar-refractivity contribution >= 4 is 5.78 Å². The molecule has 4 aliphatic carbocycles. The molecule has 2 fully saturated rings. The summed E-state index contributed by atoms with van der Waals surface area (Å²) in [5.41, 5.74) is 3.94. The number of fused-ring (bicyclic) bond motifs is 5. The molecule has 1 heteroatoms. The average molecular weight is 315 g/mol. The molecule has 2 saturated carbocycles. The van der Waals surface area contributed by atoms with E-state index in [9.17, 15) is 4.79 Å². The fourth-order valence-electron chi connectivity index (χ4n) is 6.34. The zero-order valence-electron chi connectivity index (χ0n) is 15.7. The van der Waals surface area contributed by atoms with Gasteiger partial charge in [-0.2, -0.15) is 0 Å². The molecule has 0 aliphatic heterocycles. The summed E-state index contributed by atoms with van der Waals surface area (Å²) in [4.78, 5) is 11.8. The lowest BCUT2D eigenvalue weighted by Gasteiger charge is -2.57. The van der Waals surface area contributed by atoms with Crippen LogP contribution in [0.15, 0.2) is 23.3 Å². The van der Waals surface area contributed by atoms with E-state index < -0.39 is 0 Å². The molecule has 128 valence electrons. The molecule has 5 atom stereocenters. The number of hydrogen-bond acceptors (Lipinski definition) is 1. The quantitative estimate of drug-likeness (QED) is 0.494. The number of ketones is 1. The van der Waals surface area contributed by atoms with Crippen molar-refractivity contribution in [3.05, 3.63) is 23.3 Å². The summed E-state index contributed by atoms with van der Waals surface area (Å²) in [5.74, 6) is 2.95. The molecule has 0 aromatic rings. The molecule has 0 spiro atoms. The number of allylic oxidation sites excluding steroid dienone is 4. The second-order valence-electron chi connectivity index (χ2n) is 8.55. The van der Waals surface area contributed by atoms with Crippen molar-refractivity contribution in [3.8, 4) is 0 Å². The van der Waals surface area contributed by atoms with Crippen molar-refractivity contribution in [1.82, 2.24) is 0 Å². The Labute approximate surface area is 142 Å². The summed E-state index contributed by atoms with van der Waals surface area (Å²) in [7, 11) is 0. The fraction of sp³-hybridized carbons (Fsp3) is 0.773. The van der Waals surface area contributed by atoms with Crippen LogP contribution in [0.3, 0.4) is 0 Å². The lowest BCUT2D eigenvalue weighted by molar-refractivity contribution is -0.117. The maximum absolute atomic E-state index is 11.8. The number of carbonyl (C=O) groups is 1. The summed E-state index contributed by atoms with van der Waals surface area (Å²) in [5, 5.41) is 0. The number of carbonyl (C=O) groups excluding carboxylic acids is 1. The van der Waals surface area contributed by atoms with Gasteiger partial charge in [0.05, 0.1) is 0 Å². The van der Waals surface area contributed by atoms with Gasteiger partial charge in [0, 0.05) is 6.42 Å². The van der Waals surface area contributed by atoms with Gasteiger partial charge in [-0.1, -0.05) is 44.9 Å². The van der Waals surface area contributed by atoms with Crippen LogP contribution in [0.1, 0.15) is 79.6 Å². The predicted molar refractivity (Wildman–Crippen MR) is 97.2 cm³/mol. The van der Waals surface area contributed by atoms with Gasteiger partial charge < -0.3 is 0 Å². The Kier molecular flexibility index (Phi) is 4.36. The van der Waals surface area contributed by atoms with E-state index >= 15 is 0 Å². The summed E-state index contributed by atoms with van der Waals surface area (Å²) < 4.78 is 0. The zero-order valence-corrected chi connectivity index (χ0v) is 15.7. The van der Waals surface area contributed by atoms with Gasteiger partial charge in [-0.05, 0) is 80.1 Å². The number of hydrogen-bond donors (Lipinski definition) is 0. The highest BCUT2D eigenvalue weighted by atomic mass is 16.1. The fourth-order valence-corrected chi connectivity index (χ4v) is 6.34. The first-order chi connectivity index (χ1) is 10.9. The second-order valence-corrected chi connectivity index (χ2v) is 8.55. The molecular formula is C22H34O. The monoisotopic (exact) mass is 314 g/mol. The van der Waals surface area contributed by atoms with E-state index in [4.69, 9.17) is 0 Å². The van der Waals surface area contributed by atoms with Crippen molar-refractivity contribution < 1.29 is 4.79 Å². The van der Waals surface area contributed by atoms with Crippen molar-refractivity contribution in [2.24, 2.45) is 28.6 Å². The Hall–Kier alpha value is -0.850. The molecule has 4 aliphatic rings. The van der Waals surface area contributed by atoms with E-state index in [0.717, 1.165) is 30.6 Å². The summed E-state index contributed by atoms with van der Waals surface area (Å²) >= 11 is 0. The molecule has 0 amide bonds. The van der Waals surface area contributed by atoms with Gasteiger partial charge in [-0.25, -0.2) is 0 Å². The first-order valence-electron chi connectivity index (χ1n) is 9.86. The van der Waals surface area contributed by atoms with E-state index in [-0.39, 0.29) is 0 Å². The highest BCUT2D eigenvalue weighted by Crippen LogP contribution is 2.65. The molecule has 0 N–H and O–H groups in total.